The molecule has 2 aromatic rings. The number of carbonyl (C=O) groups is 1. The number of nitrogens with one attached hydrogen (secondary N) is 1. The summed E-state index contributed by atoms with van der Waals surface area (Å²) < 4.78 is 27.2. The molecule has 0 aliphatic rings. The summed E-state index contributed by atoms with van der Waals surface area (Å²) in [6.45, 7) is 1.78. The zero-order valence-electron chi connectivity index (χ0n) is 11.7. The number of hydrogen-bond acceptors (Lipinski definition) is 3. The first-order chi connectivity index (χ1) is 10.6. The van der Waals surface area contributed by atoms with Crippen LogP contribution in [0.15, 0.2) is 35.2 Å². The Labute approximate surface area is 148 Å². The average Bonchev–Trinajstić information content (AvgIpc) is 2.40. The Balaban J connectivity index is 2.49. The van der Waals surface area contributed by atoms with Gasteiger partial charge in [-0.25, -0.2) is 8.42 Å². The Morgan fingerprint density at radius 1 is 1.04 bits per heavy atom. The molecule has 0 atom stereocenters. The number of sulfonamides is 1. The molecule has 2 aromatic carbocycles. The van der Waals surface area contributed by atoms with Gasteiger partial charge >= 0.3 is 0 Å². The molecule has 0 aromatic heterocycles. The lowest BCUT2D eigenvalue weighted by Gasteiger charge is -2.13. The van der Waals surface area contributed by atoms with Gasteiger partial charge in [0.25, 0.3) is 10.0 Å². The van der Waals surface area contributed by atoms with Gasteiger partial charge in [-0.2, -0.15) is 0 Å². The molecular formula is C14H11Cl3N2O3S. The third-order valence-corrected chi connectivity index (χ3v) is 5.42. The fraction of sp³-hybridized carbons (Fsp3) is 0.0714. The zero-order chi connectivity index (χ0) is 17.4. The number of rotatable bonds is 4. The van der Waals surface area contributed by atoms with Gasteiger partial charge in [-0.3, -0.25) is 9.52 Å². The normalized spacial score (nSPS) is 11.3. The summed E-state index contributed by atoms with van der Waals surface area (Å²) >= 11 is 17.8. The Morgan fingerprint density at radius 2 is 1.70 bits per heavy atom. The molecular weight excluding hydrogens is 383 g/mol. The maximum Gasteiger partial charge on any atom is 0.263 e. The highest BCUT2D eigenvalue weighted by Gasteiger charge is 2.21. The fourth-order valence-corrected chi connectivity index (χ4v) is 4.09. The fourth-order valence-electron chi connectivity index (χ4n) is 1.84. The van der Waals surface area contributed by atoms with Gasteiger partial charge in [0.05, 0.1) is 26.3 Å². The number of nitrogens with two attached hydrogens (primary N) is 1. The number of benzene rings is 2. The minimum atomic E-state index is -4.00. The van der Waals surface area contributed by atoms with Crippen molar-refractivity contribution >= 4 is 56.4 Å². The highest BCUT2D eigenvalue weighted by atomic mass is 35.5. The van der Waals surface area contributed by atoms with Crippen molar-refractivity contribution in [1.29, 1.82) is 0 Å². The Hall–Kier alpha value is -1.47. The standard InChI is InChI=1S/C14H11Cl3N2O3S/c1-7-2-3-13(11(17)4-7)23(21,22)19-12-5-8(14(18)20)9(15)6-10(12)16/h2-6,19H,1H3,(H2,18,20). The second kappa shape index (κ2) is 6.57. The smallest absolute Gasteiger partial charge is 0.263 e. The van der Waals surface area contributed by atoms with E-state index in [1.165, 1.54) is 24.3 Å². The van der Waals surface area contributed by atoms with Crippen molar-refractivity contribution in [2.75, 3.05) is 4.72 Å². The van der Waals surface area contributed by atoms with Crippen molar-refractivity contribution in [3.63, 3.8) is 0 Å². The van der Waals surface area contributed by atoms with Crippen LogP contribution in [0.2, 0.25) is 15.1 Å². The highest BCUT2D eigenvalue weighted by Crippen LogP contribution is 2.32. The second-order valence-electron chi connectivity index (χ2n) is 4.72. The summed E-state index contributed by atoms with van der Waals surface area (Å²) in [5.41, 5.74) is 5.92. The largest absolute Gasteiger partial charge is 0.366 e. The first-order valence-electron chi connectivity index (χ1n) is 6.19. The van der Waals surface area contributed by atoms with E-state index in [1.807, 2.05) is 0 Å². The first kappa shape index (κ1) is 17.9. The van der Waals surface area contributed by atoms with Crippen LogP contribution in [0.1, 0.15) is 15.9 Å². The van der Waals surface area contributed by atoms with E-state index in [-0.39, 0.29) is 31.2 Å². The SMILES string of the molecule is Cc1ccc(S(=O)(=O)Nc2cc(C(N)=O)c(Cl)cc2Cl)c(Cl)c1. The lowest BCUT2D eigenvalue weighted by Crippen LogP contribution is -2.16. The third-order valence-electron chi connectivity index (χ3n) is 2.94. The molecule has 0 fully saturated rings. The van der Waals surface area contributed by atoms with Gasteiger partial charge in [0.1, 0.15) is 4.90 Å². The van der Waals surface area contributed by atoms with Crippen LogP contribution in [0.25, 0.3) is 0 Å². The molecule has 122 valence electrons. The Kier molecular flexibility index (Phi) is 5.10. The number of primary amides is 1. The third kappa shape index (κ3) is 3.90. The van der Waals surface area contributed by atoms with Crippen LogP contribution in [-0.4, -0.2) is 14.3 Å². The number of halogens is 3. The van der Waals surface area contributed by atoms with Crippen molar-refractivity contribution in [2.45, 2.75) is 11.8 Å². The molecule has 23 heavy (non-hydrogen) atoms. The van der Waals surface area contributed by atoms with E-state index < -0.39 is 15.9 Å². The molecule has 0 saturated carbocycles. The van der Waals surface area contributed by atoms with Crippen molar-refractivity contribution < 1.29 is 13.2 Å². The molecule has 3 N–H and O–H groups in total. The van der Waals surface area contributed by atoms with Crippen LogP contribution in [0, 0.1) is 6.92 Å². The molecule has 0 heterocycles. The van der Waals surface area contributed by atoms with E-state index in [1.54, 1.807) is 13.0 Å². The predicted octanol–water partition coefficient (Wildman–Crippen LogP) is 3.85. The van der Waals surface area contributed by atoms with Crippen LogP contribution >= 0.6 is 34.8 Å². The van der Waals surface area contributed by atoms with Crippen molar-refractivity contribution in [1.82, 2.24) is 0 Å². The topological polar surface area (TPSA) is 89.3 Å². The van der Waals surface area contributed by atoms with E-state index in [0.717, 1.165) is 5.56 Å². The number of anilines is 1. The quantitative estimate of drug-likeness (QED) is 0.826. The van der Waals surface area contributed by atoms with Crippen molar-refractivity contribution in [3.8, 4) is 0 Å². The van der Waals surface area contributed by atoms with Gasteiger partial charge in [0.15, 0.2) is 0 Å². The number of carbonyl (C=O) groups excluding carboxylic acids is 1. The van der Waals surface area contributed by atoms with E-state index >= 15 is 0 Å². The zero-order valence-corrected chi connectivity index (χ0v) is 14.8. The highest BCUT2D eigenvalue weighted by molar-refractivity contribution is 7.92. The molecule has 9 heteroatoms. The van der Waals surface area contributed by atoms with Gasteiger partial charge < -0.3 is 5.73 Å². The number of hydrogen-bond donors (Lipinski definition) is 2. The van der Waals surface area contributed by atoms with E-state index in [2.05, 4.69) is 4.72 Å². The maximum atomic E-state index is 12.4. The molecule has 0 spiro atoms. The average molecular weight is 394 g/mol. The molecule has 0 unspecified atom stereocenters. The van der Waals surface area contributed by atoms with E-state index in [9.17, 15) is 13.2 Å². The van der Waals surface area contributed by atoms with Gasteiger partial charge in [-0.05, 0) is 36.8 Å². The van der Waals surface area contributed by atoms with Crippen molar-refractivity contribution in [2.24, 2.45) is 5.73 Å². The molecule has 1 amide bonds. The predicted molar refractivity (Wildman–Crippen MR) is 92.0 cm³/mol. The number of aryl methyl sites for hydroxylation is 1. The molecule has 0 saturated heterocycles. The maximum absolute atomic E-state index is 12.4. The Bertz CT molecular complexity index is 898. The van der Waals surface area contributed by atoms with Crippen molar-refractivity contribution in [3.05, 3.63) is 56.5 Å². The molecule has 5 nitrogen and oxygen atoms in total. The van der Waals surface area contributed by atoms with Gasteiger partial charge in [0, 0.05) is 0 Å². The summed E-state index contributed by atoms with van der Waals surface area (Å²) in [7, 11) is -4.00. The molecule has 0 aliphatic heterocycles. The molecule has 2 rings (SSSR count). The second-order valence-corrected chi connectivity index (χ2v) is 7.59. The minimum absolute atomic E-state index is 0.0202. The van der Waals surface area contributed by atoms with Crippen LogP contribution in [0.4, 0.5) is 5.69 Å². The number of amides is 1. The molecule has 0 aliphatic carbocycles. The summed E-state index contributed by atoms with van der Waals surface area (Å²) in [4.78, 5) is 11.2. The van der Waals surface area contributed by atoms with Crippen LogP contribution < -0.4 is 10.5 Å². The minimum Gasteiger partial charge on any atom is -0.366 e. The van der Waals surface area contributed by atoms with Gasteiger partial charge in [-0.15, -0.1) is 0 Å². The lowest BCUT2D eigenvalue weighted by molar-refractivity contribution is 0.100. The van der Waals surface area contributed by atoms with Crippen LogP contribution in [0.5, 0.6) is 0 Å². The lowest BCUT2D eigenvalue weighted by atomic mass is 10.2. The van der Waals surface area contributed by atoms with Crippen LogP contribution in [0.3, 0.4) is 0 Å². The first-order valence-corrected chi connectivity index (χ1v) is 8.81. The van der Waals surface area contributed by atoms with E-state index in [0.29, 0.717) is 0 Å². The monoisotopic (exact) mass is 392 g/mol. The molecule has 0 radical (unpaired) electrons. The molecule has 0 bridgehead atoms. The van der Waals surface area contributed by atoms with Crippen LogP contribution in [-0.2, 0) is 10.0 Å². The summed E-state index contributed by atoms with van der Waals surface area (Å²) in [5, 5.41) is 0.114. The van der Waals surface area contributed by atoms with Gasteiger partial charge in [-0.1, -0.05) is 40.9 Å². The summed E-state index contributed by atoms with van der Waals surface area (Å²) in [6.07, 6.45) is 0. The summed E-state index contributed by atoms with van der Waals surface area (Å²) in [5.74, 6) is -0.805. The Morgan fingerprint density at radius 3 is 2.26 bits per heavy atom. The summed E-state index contributed by atoms with van der Waals surface area (Å²) in [6, 6.07) is 6.91. The van der Waals surface area contributed by atoms with E-state index in [4.69, 9.17) is 40.5 Å². The van der Waals surface area contributed by atoms with Gasteiger partial charge in [0.2, 0.25) is 5.91 Å².